The average Bonchev–Trinajstić information content (AvgIpc) is 3.41. The Hall–Kier alpha value is -5.87. The Morgan fingerprint density at radius 2 is 1.42 bits per heavy atom. The highest BCUT2D eigenvalue weighted by molar-refractivity contribution is 6.39. The minimum Gasteiger partial charge on any atom is -0.339 e. The first kappa shape index (κ1) is 35.9. The van der Waals surface area contributed by atoms with Crippen LogP contribution in [0.4, 0.5) is 18.9 Å². The molecule has 1 aromatic heterocycles. The van der Waals surface area contributed by atoms with E-state index in [1.165, 1.54) is 17.0 Å². The van der Waals surface area contributed by atoms with Crippen molar-refractivity contribution >= 4 is 45.9 Å². The molecule has 0 fully saturated rings. The van der Waals surface area contributed by atoms with Gasteiger partial charge < -0.3 is 19.7 Å². The number of aryl methyl sites for hydroxylation is 1. The number of likely N-dealkylation sites (N-methyl/N-ethyl adjacent to an activating group) is 1. The van der Waals surface area contributed by atoms with Crippen molar-refractivity contribution < 1.29 is 27.6 Å². The smallest absolute Gasteiger partial charge is 0.339 e. The van der Waals surface area contributed by atoms with E-state index in [2.05, 4.69) is 5.32 Å². The molecule has 6 rings (SSSR count). The lowest BCUT2D eigenvalue weighted by molar-refractivity contribution is -0.137. The van der Waals surface area contributed by atoms with Crippen molar-refractivity contribution in [2.75, 3.05) is 19.0 Å². The molecule has 3 amide bonds. The number of carbonyl (C=O) groups is 3. The molecule has 0 aliphatic rings. The molecule has 6 aromatic rings. The minimum absolute atomic E-state index is 0.134. The molecule has 0 aliphatic heterocycles. The fourth-order valence-corrected chi connectivity index (χ4v) is 6.56. The number of rotatable bonds is 9. The summed E-state index contributed by atoms with van der Waals surface area (Å²) in [5, 5.41) is 3.55. The average molecular weight is 723 g/mol. The van der Waals surface area contributed by atoms with Gasteiger partial charge in [0, 0.05) is 44.3 Å². The molecule has 1 heterocycles. The highest BCUT2D eigenvalue weighted by Gasteiger charge is 2.31. The Morgan fingerprint density at radius 1 is 0.808 bits per heavy atom. The maximum absolute atomic E-state index is 14.0. The molecule has 5 aromatic carbocycles. The molecule has 1 unspecified atom stereocenters. The Morgan fingerprint density at radius 3 is 2.08 bits per heavy atom. The van der Waals surface area contributed by atoms with Gasteiger partial charge in [-0.25, -0.2) is 0 Å². The maximum Gasteiger partial charge on any atom is 0.416 e. The molecular weight excluding hydrogens is 689 g/mol. The number of anilines is 1. The largest absolute Gasteiger partial charge is 0.416 e. The predicted molar refractivity (Wildman–Crippen MR) is 197 cm³/mol. The van der Waals surface area contributed by atoms with Crippen molar-refractivity contribution in [3.05, 3.63) is 160 Å². The zero-order chi connectivity index (χ0) is 37.2. The van der Waals surface area contributed by atoms with E-state index >= 15 is 0 Å². The van der Waals surface area contributed by atoms with E-state index in [9.17, 15) is 27.6 Å². The number of hydrogen-bond donors (Lipinski definition) is 1. The summed E-state index contributed by atoms with van der Waals surface area (Å²) in [6.07, 6.45) is -4.48. The highest BCUT2D eigenvalue weighted by Crippen LogP contribution is 2.35. The third-order valence-electron chi connectivity index (χ3n) is 9.00. The topological polar surface area (TPSA) is 74.7 Å². The number of amides is 3. The molecule has 7 nitrogen and oxygen atoms in total. The van der Waals surface area contributed by atoms with Gasteiger partial charge in [-0.1, -0.05) is 103 Å². The lowest BCUT2D eigenvalue weighted by Gasteiger charge is -2.25. The monoisotopic (exact) mass is 722 g/mol. The Balaban J connectivity index is 1.28. The fourth-order valence-electron chi connectivity index (χ4n) is 6.19. The number of alkyl halides is 3. The van der Waals surface area contributed by atoms with Crippen molar-refractivity contribution in [2.45, 2.75) is 18.8 Å². The number of halogens is 4. The number of carbonyl (C=O) groups excluding carboxylic acids is 3. The summed E-state index contributed by atoms with van der Waals surface area (Å²) in [5.41, 5.74) is 3.21. The number of hydrogen-bond acceptors (Lipinski definition) is 3. The van der Waals surface area contributed by atoms with Gasteiger partial charge in [-0.2, -0.15) is 13.2 Å². The number of aromatic nitrogens is 1. The van der Waals surface area contributed by atoms with Crippen LogP contribution < -0.4 is 10.2 Å². The molecule has 0 bridgehead atoms. The molecular formula is C41H34ClF3N4O3. The first-order valence-corrected chi connectivity index (χ1v) is 16.7. The minimum atomic E-state index is -4.48. The second-order valence-electron chi connectivity index (χ2n) is 12.4. The molecule has 0 saturated heterocycles. The van der Waals surface area contributed by atoms with Crippen molar-refractivity contribution in [2.24, 2.45) is 7.05 Å². The summed E-state index contributed by atoms with van der Waals surface area (Å²) in [6, 6.07) is 34.0. The van der Waals surface area contributed by atoms with E-state index in [-0.39, 0.29) is 22.2 Å². The fraction of sp³-hybridized carbons (Fsp3) is 0.146. The van der Waals surface area contributed by atoms with Crippen LogP contribution >= 0.6 is 11.6 Å². The highest BCUT2D eigenvalue weighted by atomic mass is 35.5. The third kappa shape index (κ3) is 7.29. The van der Waals surface area contributed by atoms with Gasteiger partial charge in [-0.15, -0.1) is 0 Å². The lowest BCUT2D eigenvalue weighted by atomic mass is 9.97. The zero-order valence-corrected chi connectivity index (χ0v) is 29.2. The first-order valence-electron chi connectivity index (χ1n) is 16.3. The molecule has 1 atom stereocenters. The van der Waals surface area contributed by atoms with Crippen LogP contribution in [0.1, 0.15) is 43.6 Å². The van der Waals surface area contributed by atoms with Gasteiger partial charge in [-0.3, -0.25) is 14.4 Å². The van der Waals surface area contributed by atoms with Crippen molar-refractivity contribution in [1.82, 2.24) is 14.8 Å². The Labute approximate surface area is 303 Å². The molecule has 264 valence electrons. The summed E-state index contributed by atoms with van der Waals surface area (Å²) in [6.45, 7) is 0.345. The van der Waals surface area contributed by atoms with E-state index in [4.69, 9.17) is 11.6 Å². The van der Waals surface area contributed by atoms with E-state index in [1.54, 1.807) is 97.3 Å². The number of benzene rings is 5. The lowest BCUT2D eigenvalue weighted by Crippen LogP contribution is -2.41. The summed E-state index contributed by atoms with van der Waals surface area (Å²) in [7, 11) is 4.96. The number of nitrogens with one attached hydrogen (secondary N) is 1. The van der Waals surface area contributed by atoms with Crippen molar-refractivity contribution in [3.8, 4) is 11.1 Å². The summed E-state index contributed by atoms with van der Waals surface area (Å²) >= 11 is 6.90. The first-order chi connectivity index (χ1) is 24.8. The maximum atomic E-state index is 14.0. The SMILES string of the molecule is CN(Cc1ccccc1)C(=O)C(NC(=O)c1c(Cl)c2cc(N(C)C(=O)c3ccccc3-c3ccc(C(F)(F)F)cc3)ccc2n1C)c1ccccc1. The van der Waals surface area contributed by atoms with Crippen LogP contribution in [0.25, 0.3) is 22.0 Å². The van der Waals surface area contributed by atoms with Crippen LogP contribution in [0.3, 0.4) is 0 Å². The molecule has 0 radical (unpaired) electrons. The molecule has 0 saturated carbocycles. The van der Waals surface area contributed by atoms with Gasteiger partial charge in [0.2, 0.25) is 5.91 Å². The molecule has 0 spiro atoms. The standard InChI is InChI=1S/C41H34ClF3N4O3/c1-47(25-26-12-6-4-7-13-26)40(52)36(28-14-8-5-9-15-28)46-38(50)37-35(42)33-24-30(22-23-34(33)49(37)3)48(2)39(51)32-17-11-10-16-31(32)27-18-20-29(21-19-27)41(43,44)45/h4-24,36H,25H2,1-3H3,(H,46,50). The van der Waals surface area contributed by atoms with Gasteiger partial charge in [0.1, 0.15) is 11.7 Å². The summed E-state index contributed by atoms with van der Waals surface area (Å²) in [4.78, 5) is 44.6. The Kier molecular flexibility index (Phi) is 10.2. The van der Waals surface area contributed by atoms with Crippen LogP contribution in [-0.2, 0) is 24.6 Å². The van der Waals surface area contributed by atoms with Crippen LogP contribution in [0.15, 0.2) is 127 Å². The summed E-state index contributed by atoms with van der Waals surface area (Å²) < 4.78 is 41.2. The van der Waals surface area contributed by atoms with Crippen LogP contribution in [0.5, 0.6) is 0 Å². The normalized spacial score (nSPS) is 12.0. The quantitative estimate of drug-likeness (QED) is 0.162. The molecule has 1 N–H and O–H groups in total. The van der Waals surface area contributed by atoms with Crippen LogP contribution in [0.2, 0.25) is 5.02 Å². The Bertz CT molecular complexity index is 2260. The second-order valence-corrected chi connectivity index (χ2v) is 12.8. The number of nitrogens with zero attached hydrogens (tertiary/aromatic N) is 3. The van der Waals surface area contributed by atoms with E-state index in [0.717, 1.165) is 17.7 Å². The molecule has 11 heteroatoms. The second kappa shape index (κ2) is 14.8. The van der Waals surface area contributed by atoms with Gasteiger partial charge in [0.05, 0.1) is 16.1 Å². The van der Waals surface area contributed by atoms with Crippen molar-refractivity contribution in [1.29, 1.82) is 0 Å². The number of fused-ring (bicyclic) bond motifs is 1. The summed E-state index contributed by atoms with van der Waals surface area (Å²) in [5.74, 6) is -1.27. The predicted octanol–water partition coefficient (Wildman–Crippen LogP) is 8.92. The third-order valence-corrected chi connectivity index (χ3v) is 9.39. The van der Waals surface area contributed by atoms with Gasteiger partial charge in [0.15, 0.2) is 0 Å². The van der Waals surface area contributed by atoms with E-state index in [1.807, 2.05) is 36.4 Å². The van der Waals surface area contributed by atoms with Gasteiger partial charge in [-0.05, 0) is 58.7 Å². The van der Waals surface area contributed by atoms with E-state index in [0.29, 0.717) is 39.8 Å². The van der Waals surface area contributed by atoms with Crippen LogP contribution in [0, 0.1) is 0 Å². The molecule has 52 heavy (non-hydrogen) atoms. The van der Waals surface area contributed by atoms with Gasteiger partial charge in [0.25, 0.3) is 11.8 Å². The van der Waals surface area contributed by atoms with E-state index < -0.39 is 29.6 Å². The van der Waals surface area contributed by atoms with Crippen molar-refractivity contribution in [3.63, 3.8) is 0 Å². The molecule has 0 aliphatic carbocycles. The zero-order valence-electron chi connectivity index (χ0n) is 28.5. The van der Waals surface area contributed by atoms with Gasteiger partial charge >= 0.3 is 6.18 Å². The van der Waals surface area contributed by atoms with Crippen LogP contribution in [-0.4, -0.2) is 41.3 Å².